The Morgan fingerprint density at radius 3 is 2.67 bits per heavy atom. The Balaban J connectivity index is 2.29. The zero-order valence-corrected chi connectivity index (χ0v) is 9.02. The van der Waals surface area contributed by atoms with Crippen LogP contribution in [0.15, 0.2) is 27.8 Å². The number of rotatable bonds is 1. The van der Waals surface area contributed by atoms with Gasteiger partial charge >= 0.3 is 0 Å². The van der Waals surface area contributed by atoms with Crippen molar-refractivity contribution in [3.63, 3.8) is 0 Å². The number of nitrogen functional groups attached to an aromatic ring is 1. The molecular formula is C10H8N6O2. The number of nitrogens with two attached hydrogens (primary N) is 1. The molecule has 5 N–H and O–H groups in total. The standard InChI is InChI=1S/C10H8N6O2/c11-10-15-8-6(9(18)16-10)13-7(14-8)4-2-1-3-5(17)12-4/h1-3H,(H,12,17)(H4,11,13,14,15,16,18). The molecule has 3 heterocycles. The molecule has 0 amide bonds. The Morgan fingerprint density at radius 2 is 1.89 bits per heavy atom. The molecule has 0 unspecified atom stereocenters. The second-order valence-electron chi connectivity index (χ2n) is 3.66. The van der Waals surface area contributed by atoms with E-state index in [0.717, 1.165) is 0 Å². The van der Waals surface area contributed by atoms with Crippen molar-refractivity contribution in [3.8, 4) is 11.5 Å². The van der Waals surface area contributed by atoms with Crippen LogP contribution >= 0.6 is 0 Å². The van der Waals surface area contributed by atoms with E-state index in [2.05, 4.69) is 24.9 Å². The summed E-state index contributed by atoms with van der Waals surface area (Å²) in [5.74, 6) is 0.346. The quantitative estimate of drug-likeness (QED) is 0.461. The summed E-state index contributed by atoms with van der Waals surface area (Å²) in [5, 5.41) is 0. The zero-order chi connectivity index (χ0) is 12.7. The predicted octanol–water partition coefficient (Wildman–Crippen LogP) is -0.416. The largest absolute Gasteiger partial charge is 0.369 e. The van der Waals surface area contributed by atoms with Crippen molar-refractivity contribution in [2.24, 2.45) is 0 Å². The van der Waals surface area contributed by atoms with E-state index < -0.39 is 5.56 Å². The zero-order valence-electron chi connectivity index (χ0n) is 9.02. The van der Waals surface area contributed by atoms with Crippen molar-refractivity contribution in [3.05, 3.63) is 38.9 Å². The number of nitrogens with one attached hydrogen (secondary N) is 3. The van der Waals surface area contributed by atoms with E-state index >= 15 is 0 Å². The first kappa shape index (κ1) is 10.3. The number of pyridine rings is 1. The Morgan fingerprint density at radius 1 is 1.06 bits per heavy atom. The van der Waals surface area contributed by atoms with Crippen LogP contribution in [0.25, 0.3) is 22.7 Å². The highest BCUT2D eigenvalue weighted by Gasteiger charge is 2.10. The highest BCUT2D eigenvalue weighted by Crippen LogP contribution is 2.13. The third kappa shape index (κ3) is 1.56. The van der Waals surface area contributed by atoms with Gasteiger partial charge in [-0.3, -0.25) is 14.6 Å². The molecule has 0 aromatic carbocycles. The molecule has 0 saturated carbocycles. The minimum atomic E-state index is -0.408. The van der Waals surface area contributed by atoms with E-state index in [4.69, 9.17) is 5.73 Å². The van der Waals surface area contributed by atoms with Gasteiger partial charge in [-0.25, -0.2) is 4.98 Å². The summed E-state index contributed by atoms with van der Waals surface area (Å²) in [4.78, 5) is 38.5. The van der Waals surface area contributed by atoms with Gasteiger partial charge in [0.2, 0.25) is 11.5 Å². The lowest BCUT2D eigenvalue weighted by molar-refractivity contribution is 1.17. The summed E-state index contributed by atoms with van der Waals surface area (Å²) in [5.41, 5.74) is 5.64. The van der Waals surface area contributed by atoms with E-state index in [1.807, 2.05) is 0 Å². The van der Waals surface area contributed by atoms with Crippen molar-refractivity contribution < 1.29 is 0 Å². The van der Waals surface area contributed by atoms with E-state index in [-0.39, 0.29) is 22.7 Å². The summed E-state index contributed by atoms with van der Waals surface area (Å²) in [6.07, 6.45) is 0. The maximum absolute atomic E-state index is 11.6. The smallest absolute Gasteiger partial charge is 0.278 e. The summed E-state index contributed by atoms with van der Waals surface area (Å²) in [6.45, 7) is 0. The summed E-state index contributed by atoms with van der Waals surface area (Å²) in [6, 6.07) is 4.64. The van der Waals surface area contributed by atoms with Crippen molar-refractivity contribution >= 4 is 17.1 Å². The van der Waals surface area contributed by atoms with Crippen LogP contribution in [-0.4, -0.2) is 24.9 Å². The molecule has 0 radical (unpaired) electrons. The normalized spacial score (nSPS) is 10.9. The highest BCUT2D eigenvalue weighted by atomic mass is 16.1. The van der Waals surface area contributed by atoms with Crippen LogP contribution in [0.4, 0.5) is 5.95 Å². The fourth-order valence-corrected chi connectivity index (χ4v) is 1.64. The number of imidazole rings is 1. The molecular weight excluding hydrogens is 236 g/mol. The Labute approximate surface area is 98.9 Å². The van der Waals surface area contributed by atoms with Crippen molar-refractivity contribution in [1.82, 2.24) is 24.9 Å². The van der Waals surface area contributed by atoms with Crippen LogP contribution in [0.5, 0.6) is 0 Å². The van der Waals surface area contributed by atoms with Crippen LogP contribution < -0.4 is 16.9 Å². The van der Waals surface area contributed by atoms with E-state index in [1.54, 1.807) is 12.1 Å². The second-order valence-corrected chi connectivity index (χ2v) is 3.66. The summed E-state index contributed by atoms with van der Waals surface area (Å²) >= 11 is 0. The fourth-order valence-electron chi connectivity index (χ4n) is 1.64. The molecule has 3 aromatic rings. The number of nitrogens with zero attached hydrogens (tertiary/aromatic N) is 2. The van der Waals surface area contributed by atoms with Gasteiger partial charge in [0.1, 0.15) is 0 Å². The third-order valence-corrected chi connectivity index (χ3v) is 2.40. The molecule has 0 fully saturated rings. The van der Waals surface area contributed by atoms with Gasteiger partial charge in [-0.1, -0.05) is 6.07 Å². The number of aromatic nitrogens is 5. The van der Waals surface area contributed by atoms with E-state index in [1.165, 1.54) is 6.07 Å². The molecule has 3 rings (SSSR count). The SMILES string of the molecule is Nc1nc2nc(-c3cccc(=O)[nH]3)[nH]c2c(=O)[nH]1. The Hall–Kier alpha value is -2.90. The fraction of sp³-hybridized carbons (Fsp3) is 0. The average Bonchev–Trinajstić information content (AvgIpc) is 2.73. The first-order valence-corrected chi connectivity index (χ1v) is 5.09. The first-order chi connectivity index (χ1) is 8.63. The highest BCUT2D eigenvalue weighted by molar-refractivity contribution is 5.74. The van der Waals surface area contributed by atoms with Crippen molar-refractivity contribution in [2.45, 2.75) is 0 Å². The number of fused-ring (bicyclic) bond motifs is 1. The van der Waals surface area contributed by atoms with Gasteiger partial charge in [-0.2, -0.15) is 4.98 Å². The van der Waals surface area contributed by atoms with Crippen LogP contribution in [0.3, 0.4) is 0 Å². The molecule has 90 valence electrons. The van der Waals surface area contributed by atoms with Gasteiger partial charge in [0, 0.05) is 6.07 Å². The average molecular weight is 244 g/mol. The second kappa shape index (κ2) is 3.55. The Bertz CT molecular complexity index is 843. The first-order valence-electron chi connectivity index (χ1n) is 5.09. The third-order valence-electron chi connectivity index (χ3n) is 2.40. The topological polar surface area (TPSA) is 133 Å². The molecule has 18 heavy (non-hydrogen) atoms. The molecule has 0 aliphatic heterocycles. The molecule has 0 saturated heterocycles. The van der Waals surface area contributed by atoms with Gasteiger partial charge in [0.25, 0.3) is 5.56 Å². The van der Waals surface area contributed by atoms with Crippen molar-refractivity contribution in [1.29, 1.82) is 0 Å². The molecule has 0 aliphatic carbocycles. The number of hydrogen-bond donors (Lipinski definition) is 4. The maximum atomic E-state index is 11.6. The maximum Gasteiger partial charge on any atom is 0.278 e. The van der Waals surface area contributed by atoms with Gasteiger partial charge in [-0.05, 0) is 6.07 Å². The van der Waals surface area contributed by atoms with Crippen molar-refractivity contribution in [2.75, 3.05) is 5.73 Å². The van der Waals surface area contributed by atoms with Crippen LogP contribution in [0.1, 0.15) is 0 Å². The molecule has 0 spiro atoms. The predicted molar refractivity (Wildman–Crippen MR) is 65.0 cm³/mol. The molecule has 0 bridgehead atoms. The van der Waals surface area contributed by atoms with Gasteiger partial charge in [0.15, 0.2) is 17.0 Å². The van der Waals surface area contributed by atoms with Crippen LogP contribution in [0, 0.1) is 0 Å². The number of hydrogen-bond acceptors (Lipinski definition) is 5. The minimum Gasteiger partial charge on any atom is -0.369 e. The lowest BCUT2D eigenvalue weighted by atomic mass is 10.3. The number of anilines is 1. The molecule has 8 nitrogen and oxygen atoms in total. The number of H-pyrrole nitrogens is 3. The van der Waals surface area contributed by atoms with E-state index in [0.29, 0.717) is 11.5 Å². The van der Waals surface area contributed by atoms with Gasteiger partial charge in [0.05, 0.1) is 5.69 Å². The van der Waals surface area contributed by atoms with Gasteiger partial charge in [-0.15, -0.1) is 0 Å². The molecule has 0 atom stereocenters. The van der Waals surface area contributed by atoms with Crippen LogP contribution in [-0.2, 0) is 0 Å². The number of aromatic amines is 3. The lowest BCUT2D eigenvalue weighted by Crippen LogP contribution is -2.10. The molecule has 8 heteroatoms. The minimum absolute atomic E-state index is 0.00731. The summed E-state index contributed by atoms with van der Waals surface area (Å²) in [7, 11) is 0. The molecule has 0 aliphatic rings. The van der Waals surface area contributed by atoms with E-state index in [9.17, 15) is 9.59 Å². The van der Waals surface area contributed by atoms with Crippen LogP contribution in [0.2, 0.25) is 0 Å². The lowest BCUT2D eigenvalue weighted by Gasteiger charge is -1.93. The monoisotopic (exact) mass is 244 g/mol. The van der Waals surface area contributed by atoms with Gasteiger partial charge < -0.3 is 15.7 Å². The molecule has 3 aromatic heterocycles. The Kier molecular flexibility index (Phi) is 2.03. The summed E-state index contributed by atoms with van der Waals surface area (Å²) < 4.78 is 0.